The number of nitrogens with one attached hydrogen (secondary N) is 1. The van der Waals surface area contributed by atoms with Gasteiger partial charge in [0.15, 0.2) is 5.84 Å². The number of hydrogen-bond acceptors (Lipinski definition) is 3. The molecular formula is C11H13F4N3O. The third-order valence-electron chi connectivity index (χ3n) is 2.28. The van der Waals surface area contributed by atoms with E-state index in [4.69, 9.17) is 10.9 Å². The van der Waals surface area contributed by atoms with E-state index < -0.39 is 18.4 Å². The Morgan fingerprint density at radius 2 is 2.00 bits per heavy atom. The zero-order chi connectivity index (χ0) is 14.5. The van der Waals surface area contributed by atoms with Crippen molar-refractivity contribution in [1.82, 2.24) is 5.32 Å². The van der Waals surface area contributed by atoms with Crippen LogP contribution in [0.1, 0.15) is 17.5 Å². The van der Waals surface area contributed by atoms with Crippen molar-refractivity contribution in [3.63, 3.8) is 0 Å². The Bertz CT molecular complexity index is 460. The molecule has 0 bridgehead atoms. The normalized spacial score (nSPS) is 12.7. The lowest BCUT2D eigenvalue weighted by Crippen LogP contribution is -2.22. The summed E-state index contributed by atoms with van der Waals surface area (Å²) in [6, 6.07) is 3.65. The highest BCUT2D eigenvalue weighted by molar-refractivity contribution is 5.97. The van der Waals surface area contributed by atoms with E-state index in [1.165, 1.54) is 6.07 Å². The van der Waals surface area contributed by atoms with Gasteiger partial charge in [-0.25, -0.2) is 4.39 Å². The van der Waals surface area contributed by atoms with E-state index in [-0.39, 0.29) is 24.5 Å². The molecule has 0 aliphatic rings. The molecule has 8 heteroatoms. The zero-order valence-corrected chi connectivity index (χ0v) is 9.84. The van der Waals surface area contributed by atoms with Crippen molar-refractivity contribution >= 4 is 5.84 Å². The second kappa shape index (κ2) is 6.37. The number of hydrogen-bond donors (Lipinski definition) is 3. The molecule has 0 unspecified atom stereocenters. The summed E-state index contributed by atoms with van der Waals surface area (Å²) in [6.45, 7) is -0.210. The summed E-state index contributed by atoms with van der Waals surface area (Å²) in [5.41, 5.74) is 5.88. The van der Waals surface area contributed by atoms with Gasteiger partial charge >= 0.3 is 6.18 Å². The van der Waals surface area contributed by atoms with Crippen molar-refractivity contribution in [3.05, 3.63) is 35.1 Å². The number of benzene rings is 1. The van der Waals surface area contributed by atoms with Crippen molar-refractivity contribution in [3.8, 4) is 0 Å². The molecule has 4 nitrogen and oxygen atoms in total. The first-order valence-electron chi connectivity index (χ1n) is 5.36. The van der Waals surface area contributed by atoms with Gasteiger partial charge in [-0.3, -0.25) is 0 Å². The monoisotopic (exact) mass is 279 g/mol. The molecule has 0 fully saturated rings. The van der Waals surface area contributed by atoms with Crippen LogP contribution in [0.25, 0.3) is 0 Å². The molecule has 1 rings (SSSR count). The van der Waals surface area contributed by atoms with Gasteiger partial charge in [0.05, 0.1) is 6.42 Å². The highest BCUT2D eigenvalue weighted by Gasteiger charge is 2.25. The molecular weight excluding hydrogens is 266 g/mol. The number of amidine groups is 1. The van der Waals surface area contributed by atoms with E-state index in [0.29, 0.717) is 5.56 Å². The fourth-order valence-electron chi connectivity index (χ4n) is 1.42. The molecule has 0 radical (unpaired) electrons. The molecule has 0 aliphatic carbocycles. The van der Waals surface area contributed by atoms with Crippen LogP contribution in [0.5, 0.6) is 0 Å². The predicted molar refractivity (Wildman–Crippen MR) is 61.3 cm³/mol. The summed E-state index contributed by atoms with van der Waals surface area (Å²) < 4.78 is 48.9. The van der Waals surface area contributed by atoms with Crippen LogP contribution in [0.15, 0.2) is 23.4 Å². The fourth-order valence-corrected chi connectivity index (χ4v) is 1.42. The van der Waals surface area contributed by atoms with Gasteiger partial charge in [0.25, 0.3) is 0 Å². The maximum atomic E-state index is 13.2. The van der Waals surface area contributed by atoms with Crippen LogP contribution in [0.2, 0.25) is 0 Å². The molecule has 1 aromatic carbocycles. The molecule has 0 aliphatic heterocycles. The second-order valence-electron chi connectivity index (χ2n) is 3.88. The van der Waals surface area contributed by atoms with Crippen LogP contribution in [0, 0.1) is 5.82 Å². The summed E-state index contributed by atoms with van der Waals surface area (Å²) in [4.78, 5) is 0. The lowest BCUT2D eigenvalue weighted by atomic mass is 10.1. The molecule has 0 saturated carbocycles. The van der Waals surface area contributed by atoms with Gasteiger partial charge in [-0.1, -0.05) is 5.16 Å². The molecule has 106 valence electrons. The predicted octanol–water partition coefficient (Wildman–Crippen LogP) is 1.96. The Balaban J connectivity index is 2.62. The van der Waals surface area contributed by atoms with Gasteiger partial charge in [-0.15, -0.1) is 0 Å². The number of nitrogens with two attached hydrogens (primary N) is 1. The lowest BCUT2D eigenvalue weighted by molar-refractivity contribution is -0.133. The van der Waals surface area contributed by atoms with Crippen molar-refractivity contribution in [1.29, 1.82) is 0 Å². The Labute approximate surface area is 106 Å². The van der Waals surface area contributed by atoms with Crippen molar-refractivity contribution in [2.75, 3.05) is 6.54 Å². The lowest BCUT2D eigenvalue weighted by Gasteiger charge is -2.09. The smallest absolute Gasteiger partial charge is 0.390 e. The summed E-state index contributed by atoms with van der Waals surface area (Å²) in [5.74, 6) is -0.882. The van der Waals surface area contributed by atoms with Gasteiger partial charge in [-0.2, -0.15) is 13.2 Å². The summed E-state index contributed by atoms with van der Waals surface area (Å²) in [7, 11) is 0. The molecule has 0 aromatic heterocycles. The van der Waals surface area contributed by atoms with Crippen molar-refractivity contribution < 1.29 is 22.8 Å². The van der Waals surface area contributed by atoms with Crippen LogP contribution < -0.4 is 11.1 Å². The summed E-state index contributed by atoms with van der Waals surface area (Å²) in [6.07, 6.45) is -5.19. The van der Waals surface area contributed by atoms with Gasteiger partial charge in [0.2, 0.25) is 0 Å². The maximum absolute atomic E-state index is 13.2. The highest BCUT2D eigenvalue weighted by Crippen LogP contribution is 2.18. The van der Waals surface area contributed by atoms with Crippen molar-refractivity contribution in [2.24, 2.45) is 10.9 Å². The van der Waals surface area contributed by atoms with Crippen LogP contribution in [0.4, 0.5) is 17.6 Å². The number of rotatable bonds is 5. The van der Waals surface area contributed by atoms with E-state index in [0.717, 1.165) is 12.1 Å². The Morgan fingerprint density at radius 3 is 2.58 bits per heavy atom. The van der Waals surface area contributed by atoms with E-state index in [2.05, 4.69) is 10.5 Å². The minimum absolute atomic E-state index is 0.0551. The quantitative estimate of drug-likeness (QED) is 0.193. The van der Waals surface area contributed by atoms with Crippen LogP contribution >= 0.6 is 0 Å². The molecule has 1 aromatic rings. The van der Waals surface area contributed by atoms with E-state index in [9.17, 15) is 17.6 Å². The first-order valence-corrected chi connectivity index (χ1v) is 5.36. The summed E-state index contributed by atoms with van der Waals surface area (Å²) in [5, 5.41) is 13.7. The van der Waals surface area contributed by atoms with Gasteiger partial charge < -0.3 is 16.3 Å². The fraction of sp³-hybridized carbons (Fsp3) is 0.364. The molecule has 4 N–H and O–H groups in total. The average molecular weight is 279 g/mol. The Kier molecular flexibility index (Phi) is 5.11. The van der Waals surface area contributed by atoms with Crippen LogP contribution in [-0.2, 0) is 6.54 Å². The van der Waals surface area contributed by atoms with E-state index in [1.807, 2.05) is 0 Å². The largest absolute Gasteiger partial charge is 0.409 e. The van der Waals surface area contributed by atoms with Gasteiger partial charge in [0.1, 0.15) is 5.82 Å². The van der Waals surface area contributed by atoms with Gasteiger partial charge in [0, 0.05) is 18.7 Å². The Morgan fingerprint density at radius 1 is 1.32 bits per heavy atom. The Hall–Kier alpha value is -1.83. The molecule has 0 heterocycles. The first kappa shape index (κ1) is 15.2. The van der Waals surface area contributed by atoms with Crippen LogP contribution in [-0.4, -0.2) is 23.8 Å². The molecule has 0 spiro atoms. The number of oxime groups is 1. The SMILES string of the molecule is N/C(=N/O)c1cc(F)cc(CNCCC(F)(F)F)c1. The molecule has 0 saturated heterocycles. The van der Waals surface area contributed by atoms with Crippen molar-refractivity contribution in [2.45, 2.75) is 19.1 Å². The molecule has 19 heavy (non-hydrogen) atoms. The van der Waals surface area contributed by atoms with Crippen LogP contribution in [0.3, 0.4) is 0 Å². The number of halogens is 4. The maximum Gasteiger partial charge on any atom is 0.390 e. The zero-order valence-electron chi connectivity index (χ0n) is 9.84. The molecule has 0 amide bonds. The highest BCUT2D eigenvalue weighted by atomic mass is 19.4. The third kappa shape index (κ3) is 5.56. The summed E-state index contributed by atoms with van der Waals surface area (Å²) >= 11 is 0. The first-order chi connectivity index (χ1) is 8.81. The second-order valence-corrected chi connectivity index (χ2v) is 3.88. The third-order valence-corrected chi connectivity index (χ3v) is 2.28. The standard InChI is InChI=1S/C11H13F4N3O/c12-9-4-7(3-8(5-9)10(16)18-19)6-17-2-1-11(13,14)15/h3-5,17,19H,1-2,6H2,(H2,16,18). The van der Waals surface area contributed by atoms with E-state index in [1.54, 1.807) is 0 Å². The number of nitrogens with zero attached hydrogens (tertiary/aromatic N) is 1. The minimum Gasteiger partial charge on any atom is -0.409 e. The number of alkyl halides is 3. The van der Waals surface area contributed by atoms with E-state index >= 15 is 0 Å². The minimum atomic E-state index is -4.23. The molecule has 0 atom stereocenters. The van der Waals surface area contributed by atoms with Gasteiger partial charge in [-0.05, 0) is 23.8 Å². The topological polar surface area (TPSA) is 70.6 Å². The average Bonchev–Trinajstić information content (AvgIpc) is 2.32.